The van der Waals surface area contributed by atoms with Crippen LogP contribution in [0.15, 0.2) is 51.7 Å². The molecular formula is C20H19NO3. The lowest BCUT2D eigenvalue weighted by Gasteiger charge is -2.09. The number of anilines is 1. The summed E-state index contributed by atoms with van der Waals surface area (Å²) in [6.45, 7) is 5.89. The molecule has 1 aromatic heterocycles. The molecule has 4 heteroatoms. The molecule has 4 nitrogen and oxygen atoms in total. The van der Waals surface area contributed by atoms with E-state index in [1.54, 1.807) is 6.07 Å². The monoisotopic (exact) mass is 321 g/mol. The maximum absolute atomic E-state index is 12.5. The molecule has 122 valence electrons. The molecule has 0 saturated heterocycles. The number of hydrogen-bond donors (Lipinski definition) is 1. The molecule has 3 aromatic rings. The van der Waals surface area contributed by atoms with E-state index < -0.39 is 5.91 Å². The van der Waals surface area contributed by atoms with E-state index in [0.717, 1.165) is 23.1 Å². The van der Waals surface area contributed by atoms with Gasteiger partial charge in [-0.15, -0.1) is 0 Å². The van der Waals surface area contributed by atoms with Crippen LogP contribution in [0.25, 0.3) is 11.0 Å². The molecule has 0 radical (unpaired) electrons. The second-order valence-corrected chi connectivity index (χ2v) is 5.93. The van der Waals surface area contributed by atoms with Crippen LogP contribution >= 0.6 is 0 Å². The molecule has 0 aliphatic heterocycles. The second-order valence-electron chi connectivity index (χ2n) is 5.93. The Hall–Kier alpha value is -2.88. The van der Waals surface area contributed by atoms with Crippen molar-refractivity contribution in [1.29, 1.82) is 0 Å². The van der Waals surface area contributed by atoms with Crippen molar-refractivity contribution in [3.8, 4) is 0 Å². The number of fused-ring (bicyclic) bond motifs is 1. The van der Waals surface area contributed by atoms with Gasteiger partial charge in [-0.2, -0.15) is 0 Å². The van der Waals surface area contributed by atoms with Crippen LogP contribution in [0.4, 0.5) is 5.69 Å². The van der Waals surface area contributed by atoms with E-state index in [0.29, 0.717) is 16.7 Å². The summed E-state index contributed by atoms with van der Waals surface area (Å²) in [5.41, 5.74) is 3.97. The summed E-state index contributed by atoms with van der Waals surface area (Å²) >= 11 is 0. The smallest absolute Gasteiger partial charge is 0.291 e. The number of carbonyl (C=O) groups is 1. The Morgan fingerprint density at radius 3 is 2.62 bits per heavy atom. The molecule has 0 saturated carbocycles. The fourth-order valence-corrected chi connectivity index (χ4v) is 2.59. The SMILES string of the molecule is CCc1ccc2oc(C(=O)Nc3cc(C)ccc3C)cc(=O)c2c1. The Morgan fingerprint density at radius 1 is 1.08 bits per heavy atom. The summed E-state index contributed by atoms with van der Waals surface area (Å²) in [4.78, 5) is 24.8. The summed E-state index contributed by atoms with van der Waals surface area (Å²) < 4.78 is 5.63. The molecule has 2 aromatic carbocycles. The quantitative estimate of drug-likeness (QED) is 0.785. The van der Waals surface area contributed by atoms with E-state index in [-0.39, 0.29) is 11.2 Å². The molecule has 0 atom stereocenters. The number of rotatable bonds is 3. The summed E-state index contributed by atoms with van der Waals surface area (Å²) in [5, 5.41) is 3.31. The van der Waals surface area contributed by atoms with Crippen molar-refractivity contribution >= 4 is 22.6 Å². The molecule has 1 heterocycles. The molecular weight excluding hydrogens is 302 g/mol. The third-order valence-electron chi connectivity index (χ3n) is 4.06. The maximum Gasteiger partial charge on any atom is 0.291 e. The van der Waals surface area contributed by atoms with Crippen molar-refractivity contribution in [3.05, 3.63) is 75.1 Å². The van der Waals surface area contributed by atoms with Crippen LogP contribution in [0, 0.1) is 13.8 Å². The van der Waals surface area contributed by atoms with Gasteiger partial charge in [0.05, 0.1) is 5.39 Å². The lowest BCUT2D eigenvalue weighted by atomic mass is 10.1. The predicted molar refractivity (Wildman–Crippen MR) is 95.7 cm³/mol. The molecule has 1 amide bonds. The Labute approximate surface area is 140 Å². The van der Waals surface area contributed by atoms with Gasteiger partial charge in [0, 0.05) is 11.8 Å². The minimum atomic E-state index is -0.428. The Balaban J connectivity index is 1.98. The van der Waals surface area contributed by atoms with Gasteiger partial charge in [-0.25, -0.2) is 0 Å². The van der Waals surface area contributed by atoms with Crippen LogP contribution in [-0.4, -0.2) is 5.91 Å². The van der Waals surface area contributed by atoms with Crippen molar-refractivity contribution in [3.63, 3.8) is 0 Å². The molecule has 1 N–H and O–H groups in total. The summed E-state index contributed by atoms with van der Waals surface area (Å²) in [7, 11) is 0. The van der Waals surface area contributed by atoms with Gasteiger partial charge in [0.25, 0.3) is 5.91 Å². The first kappa shape index (κ1) is 16.0. The van der Waals surface area contributed by atoms with Gasteiger partial charge in [0.15, 0.2) is 11.2 Å². The van der Waals surface area contributed by atoms with Gasteiger partial charge >= 0.3 is 0 Å². The van der Waals surface area contributed by atoms with Crippen molar-refractivity contribution in [2.75, 3.05) is 5.32 Å². The van der Waals surface area contributed by atoms with Crippen molar-refractivity contribution < 1.29 is 9.21 Å². The van der Waals surface area contributed by atoms with E-state index in [2.05, 4.69) is 5.32 Å². The fourth-order valence-electron chi connectivity index (χ4n) is 2.59. The lowest BCUT2D eigenvalue weighted by molar-refractivity contribution is 0.0997. The number of benzene rings is 2. The van der Waals surface area contributed by atoms with E-state index in [9.17, 15) is 9.59 Å². The van der Waals surface area contributed by atoms with E-state index in [1.807, 2.05) is 51.1 Å². The summed E-state index contributed by atoms with van der Waals surface area (Å²) in [6, 6.07) is 12.5. The van der Waals surface area contributed by atoms with Crippen molar-refractivity contribution in [1.82, 2.24) is 0 Å². The summed E-state index contributed by atoms with van der Waals surface area (Å²) in [6.07, 6.45) is 0.838. The van der Waals surface area contributed by atoms with Gasteiger partial charge in [-0.1, -0.05) is 25.1 Å². The van der Waals surface area contributed by atoms with Gasteiger partial charge in [0.1, 0.15) is 5.58 Å². The van der Waals surface area contributed by atoms with Crippen LogP contribution in [0.2, 0.25) is 0 Å². The highest BCUT2D eigenvalue weighted by Crippen LogP contribution is 2.19. The number of aryl methyl sites for hydroxylation is 3. The van der Waals surface area contributed by atoms with Gasteiger partial charge < -0.3 is 9.73 Å². The van der Waals surface area contributed by atoms with E-state index >= 15 is 0 Å². The Kier molecular flexibility index (Phi) is 4.21. The van der Waals surface area contributed by atoms with Crippen molar-refractivity contribution in [2.45, 2.75) is 27.2 Å². The number of amides is 1. The van der Waals surface area contributed by atoms with Gasteiger partial charge in [0.2, 0.25) is 0 Å². The first-order valence-electron chi connectivity index (χ1n) is 7.93. The largest absolute Gasteiger partial charge is 0.451 e. The first-order valence-corrected chi connectivity index (χ1v) is 7.93. The average Bonchev–Trinajstić information content (AvgIpc) is 2.57. The fraction of sp³-hybridized carbons (Fsp3) is 0.200. The maximum atomic E-state index is 12.5. The molecule has 0 unspecified atom stereocenters. The topological polar surface area (TPSA) is 59.3 Å². The number of carbonyl (C=O) groups excluding carboxylic acids is 1. The van der Waals surface area contributed by atoms with Crippen LogP contribution in [0.1, 0.15) is 34.2 Å². The lowest BCUT2D eigenvalue weighted by Crippen LogP contribution is -2.15. The minimum Gasteiger partial charge on any atom is -0.451 e. The highest BCUT2D eigenvalue weighted by atomic mass is 16.3. The molecule has 0 aliphatic carbocycles. The minimum absolute atomic E-state index is 0.0117. The first-order chi connectivity index (χ1) is 11.5. The second kappa shape index (κ2) is 6.32. The van der Waals surface area contributed by atoms with Gasteiger partial charge in [-0.05, 0) is 55.2 Å². The summed E-state index contributed by atoms with van der Waals surface area (Å²) in [5.74, 6) is -0.417. The van der Waals surface area contributed by atoms with Crippen molar-refractivity contribution in [2.24, 2.45) is 0 Å². The van der Waals surface area contributed by atoms with E-state index in [1.165, 1.54) is 6.07 Å². The zero-order valence-electron chi connectivity index (χ0n) is 14.0. The molecule has 0 bridgehead atoms. The Bertz CT molecular complexity index is 986. The third-order valence-corrected chi connectivity index (χ3v) is 4.06. The zero-order valence-corrected chi connectivity index (χ0v) is 14.0. The highest BCUT2D eigenvalue weighted by Gasteiger charge is 2.14. The van der Waals surface area contributed by atoms with Crippen LogP contribution < -0.4 is 10.7 Å². The number of nitrogens with one attached hydrogen (secondary N) is 1. The molecule has 0 fully saturated rings. The normalized spacial score (nSPS) is 10.8. The van der Waals surface area contributed by atoms with E-state index in [4.69, 9.17) is 4.42 Å². The standard InChI is InChI=1S/C20H19NO3/c1-4-14-7-8-18-15(10-14)17(22)11-19(24-18)20(23)21-16-9-12(2)5-6-13(16)3/h5-11H,4H2,1-3H3,(H,21,23). The molecule has 0 aliphatic rings. The Morgan fingerprint density at radius 2 is 1.88 bits per heavy atom. The zero-order chi connectivity index (χ0) is 17.3. The van der Waals surface area contributed by atoms with Crippen LogP contribution in [0.3, 0.4) is 0 Å². The predicted octanol–water partition coefficient (Wildman–Crippen LogP) is 4.22. The molecule has 24 heavy (non-hydrogen) atoms. The van der Waals surface area contributed by atoms with Gasteiger partial charge in [-0.3, -0.25) is 9.59 Å². The number of hydrogen-bond acceptors (Lipinski definition) is 3. The van der Waals surface area contributed by atoms with Crippen LogP contribution in [0.5, 0.6) is 0 Å². The van der Waals surface area contributed by atoms with Crippen LogP contribution in [-0.2, 0) is 6.42 Å². The third kappa shape index (κ3) is 3.08. The molecule has 0 spiro atoms. The molecule has 3 rings (SSSR count). The average molecular weight is 321 g/mol. The highest BCUT2D eigenvalue weighted by molar-refractivity contribution is 6.03.